The number of aromatic nitrogens is 4. The highest BCUT2D eigenvalue weighted by Gasteiger charge is 2.46. The van der Waals surface area contributed by atoms with Crippen LogP contribution in [0.2, 0.25) is 0 Å². The minimum Gasteiger partial charge on any atom is -0.497 e. The summed E-state index contributed by atoms with van der Waals surface area (Å²) in [6, 6.07) is 18.9. The Labute approximate surface area is 318 Å². The summed E-state index contributed by atoms with van der Waals surface area (Å²) in [7, 11) is 3.41. The number of benzene rings is 2. The topological polar surface area (TPSA) is 95.0 Å². The molecule has 2 unspecified atom stereocenters. The molecule has 10 nitrogen and oxygen atoms in total. The molecule has 10 atom stereocenters. The van der Waals surface area contributed by atoms with Crippen molar-refractivity contribution in [3.8, 4) is 23.4 Å². The molecule has 0 aliphatic carbocycles. The van der Waals surface area contributed by atoms with Gasteiger partial charge in [-0.25, -0.2) is 4.98 Å². The average molecular weight is 729 g/mol. The predicted octanol–water partition coefficient (Wildman–Crippen LogP) is 8.07. The minimum absolute atomic E-state index is 0.180. The van der Waals surface area contributed by atoms with E-state index in [0.717, 1.165) is 95.3 Å². The summed E-state index contributed by atoms with van der Waals surface area (Å²) in [6.45, 7) is 9.00. The molecule has 0 radical (unpaired) electrons. The molecule has 0 N–H and O–H groups in total. The van der Waals surface area contributed by atoms with Crippen molar-refractivity contribution in [2.45, 2.75) is 76.7 Å². The fraction of sp³-hybridized carbons (Fsp3) is 0.500. The van der Waals surface area contributed by atoms with Gasteiger partial charge in [-0.2, -0.15) is 4.98 Å². The molecule has 0 spiro atoms. The van der Waals surface area contributed by atoms with E-state index in [1.54, 1.807) is 20.4 Å². The number of nitrogens with zero attached hydrogens (tertiary/aromatic N) is 6. The molecule has 0 saturated carbocycles. The minimum atomic E-state index is -0.308. The zero-order valence-electron chi connectivity index (χ0n) is 31.9. The van der Waals surface area contributed by atoms with Crippen LogP contribution in [0.1, 0.15) is 75.7 Å². The summed E-state index contributed by atoms with van der Waals surface area (Å²) in [5, 5.41) is 2.06. The molecule has 9 heterocycles. The number of methoxy groups -OCH3 is 2. The monoisotopic (exact) mass is 728 g/mol. The Balaban J connectivity index is 1.09. The molecular formula is C44H52N6O4. The van der Waals surface area contributed by atoms with Crippen molar-refractivity contribution in [3.63, 3.8) is 0 Å². The van der Waals surface area contributed by atoms with Gasteiger partial charge in [0, 0.05) is 59.6 Å². The Bertz CT molecular complexity index is 1970. The second-order valence-electron chi connectivity index (χ2n) is 15.9. The van der Waals surface area contributed by atoms with E-state index >= 15 is 0 Å². The number of hydrogen-bond acceptors (Lipinski definition) is 10. The van der Waals surface area contributed by atoms with Crippen LogP contribution < -0.4 is 18.9 Å². The van der Waals surface area contributed by atoms with Crippen molar-refractivity contribution >= 4 is 21.8 Å². The predicted molar refractivity (Wildman–Crippen MR) is 209 cm³/mol. The first-order valence-electron chi connectivity index (χ1n) is 20.0. The lowest BCUT2D eigenvalue weighted by molar-refractivity contribution is -0.0529. The lowest BCUT2D eigenvalue weighted by Gasteiger charge is -2.52. The molecule has 3 aromatic heterocycles. The standard InChI is InChI=1S/C44H52N6O4/c1-5-27-25-49-19-14-29(27)21-39(49)42(33-11-16-45-37-9-7-31(51-3)23-35(33)37)53-41-13-18-47-44(48-41)54-43(40-22-30-15-20-50(40)26-28(30)6-2)34-12-17-46-38-10-8-32(52-4)24-36(34)38/h7-13,16-18,23-24,27-30,39-40,42-43H,5-6,14-15,19-22,25-26H2,1-4H3/t27-,28-,29-,30-,39-,40-,42+,43+/m0/s1. The Morgan fingerprint density at radius 2 is 1.17 bits per heavy atom. The third kappa shape index (κ3) is 6.51. The van der Waals surface area contributed by atoms with Crippen molar-refractivity contribution in [2.24, 2.45) is 23.7 Å². The van der Waals surface area contributed by atoms with Gasteiger partial charge in [0.15, 0.2) is 0 Å². The molecule has 6 aliphatic heterocycles. The molecule has 5 aromatic rings. The molecule has 4 bridgehead atoms. The van der Waals surface area contributed by atoms with Crippen molar-refractivity contribution in [3.05, 3.63) is 84.3 Å². The number of hydrogen-bond donors (Lipinski definition) is 0. The largest absolute Gasteiger partial charge is 0.497 e. The first kappa shape index (κ1) is 35.2. The van der Waals surface area contributed by atoms with Crippen LogP contribution in [0.4, 0.5) is 0 Å². The maximum atomic E-state index is 7.12. The van der Waals surface area contributed by atoms with E-state index in [1.165, 1.54) is 25.7 Å². The Morgan fingerprint density at radius 1 is 0.648 bits per heavy atom. The van der Waals surface area contributed by atoms with Crippen LogP contribution in [-0.2, 0) is 0 Å². The fourth-order valence-electron chi connectivity index (χ4n) is 10.3. The summed E-state index contributed by atoms with van der Waals surface area (Å²) in [6.07, 6.45) is 12.0. The van der Waals surface area contributed by atoms with Crippen LogP contribution in [0.15, 0.2) is 73.2 Å². The lowest BCUT2D eigenvalue weighted by atomic mass is 9.72. The van der Waals surface area contributed by atoms with Gasteiger partial charge < -0.3 is 18.9 Å². The molecule has 6 aliphatic rings. The van der Waals surface area contributed by atoms with Gasteiger partial charge in [-0.3, -0.25) is 19.8 Å². The Morgan fingerprint density at radius 3 is 1.65 bits per heavy atom. The zero-order valence-corrected chi connectivity index (χ0v) is 31.9. The van der Waals surface area contributed by atoms with Crippen molar-refractivity contribution in [1.82, 2.24) is 29.7 Å². The first-order chi connectivity index (χ1) is 26.5. The highest BCUT2D eigenvalue weighted by atomic mass is 16.5. The van der Waals surface area contributed by atoms with Crippen LogP contribution >= 0.6 is 0 Å². The van der Waals surface area contributed by atoms with E-state index in [9.17, 15) is 0 Å². The summed E-state index contributed by atoms with van der Waals surface area (Å²) in [4.78, 5) is 24.5. The number of ether oxygens (including phenoxy) is 4. The quantitative estimate of drug-likeness (QED) is 0.126. The van der Waals surface area contributed by atoms with E-state index in [-0.39, 0.29) is 24.3 Å². The van der Waals surface area contributed by atoms with Gasteiger partial charge in [0.1, 0.15) is 23.7 Å². The van der Waals surface area contributed by atoms with Gasteiger partial charge in [-0.05, 0) is 111 Å². The summed E-state index contributed by atoms with van der Waals surface area (Å²) >= 11 is 0. The van der Waals surface area contributed by atoms with Gasteiger partial charge >= 0.3 is 6.01 Å². The molecule has 10 heteroatoms. The van der Waals surface area contributed by atoms with E-state index in [1.807, 2.05) is 42.7 Å². The lowest BCUT2D eigenvalue weighted by Crippen LogP contribution is -2.56. The van der Waals surface area contributed by atoms with Gasteiger partial charge in [-0.15, -0.1) is 0 Å². The Hall–Kier alpha value is -4.54. The maximum absolute atomic E-state index is 7.12. The van der Waals surface area contributed by atoms with Crippen LogP contribution in [0.3, 0.4) is 0 Å². The molecule has 2 aromatic carbocycles. The third-order valence-corrected chi connectivity index (χ3v) is 13.3. The van der Waals surface area contributed by atoms with E-state index in [4.69, 9.17) is 38.9 Å². The van der Waals surface area contributed by atoms with Crippen LogP contribution in [0.5, 0.6) is 23.4 Å². The Kier molecular flexibility index (Phi) is 9.74. The molecule has 11 rings (SSSR count). The maximum Gasteiger partial charge on any atom is 0.320 e. The molecule has 6 saturated heterocycles. The second-order valence-corrected chi connectivity index (χ2v) is 15.9. The highest BCUT2D eigenvalue weighted by Crippen LogP contribution is 2.46. The second kappa shape index (κ2) is 14.9. The van der Waals surface area contributed by atoms with Gasteiger partial charge in [-0.1, -0.05) is 26.7 Å². The summed E-state index contributed by atoms with van der Waals surface area (Å²) in [5.41, 5.74) is 4.00. The number of pyridine rings is 2. The smallest absolute Gasteiger partial charge is 0.320 e. The molecule has 282 valence electrons. The van der Waals surface area contributed by atoms with Crippen molar-refractivity contribution in [2.75, 3.05) is 40.4 Å². The van der Waals surface area contributed by atoms with Crippen molar-refractivity contribution in [1.29, 1.82) is 0 Å². The molecule has 6 fully saturated rings. The zero-order chi connectivity index (χ0) is 36.8. The molecule has 0 amide bonds. The highest BCUT2D eigenvalue weighted by molar-refractivity contribution is 5.85. The fourth-order valence-corrected chi connectivity index (χ4v) is 10.3. The van der Waals surface area contributed by atoms with E-state index in [2.05, 4.69) is 47.9 Å². The van der Waals surface area contributed by atoms with E-state index < -0.39 is 0 Å². The van der Waals surface area contributed by atoms with Gasteiger partial charge in [0.25, 0.3) is 0 Å². The van der Waals surface area contributed by atoms with Crippen LogP contribution in [-0.4, -0.2) is 82.2 Å². The number of fused-ring (bicyclic) bond motifs is 8. The molecular weight excluding hydrogens is 677 g/mol. The van der Waals surface area contributed by atoms with Gasteiger partial charge in [0.05, 0.1) is 37.3 Å². The van der Waals surface area contributed by atoms with Crippen molar-refractivity contribution < 1.29 is 18.9 Å². The normalized spacial score (nSPS) is 28.5. The SMILES string of the molecule is CC[C@H]1CN2CC[C@H]1C[C@H]2[C@H](Oc1ccnc(O[C@H](c2ccnc3ccc(OC)cc23)[C@@H]2C[C@@H]3CCN2C[C@@H]3CC)n1)c1ccnc2ccc(OC)cc12. The number of rotatable bonds is 12. The van der Waals surface area contributed by atoms with Crippen LogP contribution in [0, 0.1) is 23.7 Å². The van der Waals surface area contributed by atoms with Crippen LogP contribution in [0.25, 0.3) is 21.8 Å². The van der Waals surface area contributed by atoms with Gasteiger partial charge in [0.2, 0.25) is 5.88 Å². The average Bonchev–Trinajstić information content (AvgIpc) is 3.24. The van der Waals surface area contributed by atoms with E-state index in [0.29, 0.717) is 23.7 Å². The molecule has 54 heavy (non-hydrogen) atoms. The summed E-state index contributed by atoms with van der Waals surface area (Å²) < 4.78 is 25.5. The first-order valence-corrected chi connectivity index (χ1v) is 20.0. The summed E-state index contributed by atoms with van der Waals surface area (Å²) in [5.74, 6) is 4.91. The third-order valence-electron chi connectivity index (χ3n) is 13.3. The number of piperidine rings is 6.